The fourth-order valence-corrected chi connectivity index (χ4v) is 4.18. The molecule has 0 aliphatic carbocycles. The van der Waals surface area contributed by atoms with Crippen molar-refractivity contribution in [2.24, 2.45) is 0 Å². The van der Waals surface area contributed by atoms with Gasteiger partial charge in [0.25, 0.3) is 0 Å². The van der Waals surface area contributed by atoms with Gasteiger partial charge >= 0.3 is 6.09 Å². The van der Waals surface area contributed by atoms with Crippen LogP contribution < -0.4 is 0 Å². The van der Waals surface area contributed by atoms with Gasteiger partial charge in [-0.15, -0.1) is 0 Å². The van der Waals surface area contributed by atoms with Crippen LogP contribution >= 0.6 is 11.9 Å². The average molecular weight is 374 g/mol. The van der Waals surface area contributed by atoms with Crippen molar-refractivity contribution in [3.05, 3.63) is 36.7 Å². The molecule has 0 saturated carbocycles. The summed E-state index contributed by atoms with van der Waals surface area (Å²) in [5.41, 5.74) is -0.461. The Morgan fingerprint density at radius 3 is 2.81 bits per heavy atom. The Kier molecular flexibility index (Phi) is 5.73. The molecule has 1 saturated heterocycles. The fourth-order valence-electron chi connectivity index (χ4n) is 3.06. The van der Waals surface area contributed by atoms with Crippen LogP contribution in [0.5, 0.6) is 0 Å². The van der Waals surface area contributed by atoms with Crippen molar-refractivity contribution in [3.63, 3.8) is 0 Å². The fraction of sp³-hybridized carbons (Fsp3) is 0.500. The highest BCUT2D eigenvalue weighted by Crippen LogP contribution is 2.28. The average Bonchev–Trinajstić information content (AvgIpc) is 2.74. The van der Waals surface area contributed by atoms with Crippen molar-refractivity contribution in [2.45, 2.75) is 50.7 Å². The van der Waals surface area contributed by atoms with Gasteiger partial charge < -0.3 is 9.64 Å². The van der Waals surface area contributed by atoms with Gasteiger partial charge in [-0.25, -0.2) is 9.10 Å². The lowest BCUT2D eigenvalue weighted by molar-refractivity contribution is 0.0188. The second-order valence-corrected chi connectivity index (χ2v) is 8.91. The first kappa shape index (κ1) is 19.0. The van der Waals surface area contributed by atoms with E-state index in [0.717, 1.165) is 31.4 Å². The lowest BCUT2D eigenvalue weighted by Gasteiger charge is -2.31. The van der Waals surface area contributed by atoms with E-state index in [1.54, 1.807) is 11.9 Å². The van der Waals surface area contributed by atoms with Crippen LogP contribution in [0.2, 0.25) is 0 Å². The second kappa shape index (κ2) is 7.84. The first-order valence-electron chi connectivity index (χ1n) is 9.08. The van der Waals surface area contributed by atoms with Crippen LogP contribution in [0.3, 0.4) is 0 Å². The quantitative estimate of drug-likeness (QED) is 0.722. The molecular formula is C20H27N3O2S. The number of rotatable bonds is 2. The normalized spacial score (nSPS) is 19.4. The number of fused-ring (bicyclic) bond motifs is 1. The van der Waals surface area contributed by atoms with E-state index in [-0.39, 0.29) is 12.1 Å². The van der Waals surface area contributed by atoms with Gasteiger partial charge in [0.1, 0.15) is 5.60 Å². The van der Waals surface area contributed by atoms with Crippen LogP contribution in [0.25, 0.3) is 10.8 Å². The number of ether oxygens (including phenoxy) is 1. The number of hydrogen-bond acceptors (Lipinski definition) is 5. The Hall–Kier alpha value is -1.79. The molecule has 1 unspecified atom stereocenters. The van der Waals surface area contributed by atoms with Crippen LogP contribution in [0, 0.1) is 0 Å². The number of amides is 1. The Bertz CT molecular complexity index is 775. The summed E-state index contributed by atoms with van der Waals surface area (Å²) >= 11 is 1.76. The van der Waals surface area contributed by atoms with Crippen LogP contribution in [0.15, 0.2) is 41.6 Å². The standard InChI is InChI=1S/C20H27N3O2S/c1-15-14-22(10-5-11-23(15)19(24)25-20(2,3)4)26-18-7-6-17-13-21-9-8-16(17)12-18/h6-9,12-13,15H,5,10-11,14H2,1-4H3. The first-order chi connectivity index (χ1) is 12.3. The predicted molar refractivity (Wildman–Crippen MR) is 106 cm³/mol. The van der Waals surface area contributed by atoms with E-state index in [2.05, 4.69) is 34.4 Å². The molecule has 1 fully saturated rings. The summed E-state index contributed by atoms with van der Waals surface area (Å²) < 4.78 is 7.91. The molecule has 2 heterocycles. The van der Waals surface area contributed by atoms with Crippen LogP contribution in [0.4, 0.5) is 4.79 Å². The molecular weight excluding hydrogens is 346 g/mol. The van der Waals surface area contributed by atoms with Gasteiger partial charge in [-0.2, -0.15) is 0 Å². The highest BCUT2D eigenvalue weighted by atomic mass is 32.2. The van der Waals surface area contributed by atoms with E-state index in [4.69, 9.17) is 4.74 Å². The van der Waals surface area contributed by atoms with Crippen molar-refractivity contribution < 1.29 is 9.53 Å². The van der Waals surface area contributed by atoms with Crippen LogP contribution in [-0.2, 0) is 4.74 Å². The molecule has 5 nitrogen and oxygen atoms in total. The minimum absolute atomic E-state index is 0.115. The number of benzene rings is 1. The maximum atomic E-state index is 12.5. The summed E-state index contributed by atoms with van der Waals surface area (Å²) in [6.45, 7) is 10.3. The SMILES string of the molecule is CC1CN(Sc2ccc3cnccc3c2)CCCN1C(=O)OC(C)(C)C. The Balaban J connectivity index is 1.66. The summed E-state index contributed by atoms with van der Waals surface area (Å²) in [5.74, 6) is 0. The monoisotopic (exact) mass is 373 g/mol. The zero-order valence-electron chi connectivity index (χ0n) is 15.9. The van der Waals surface area contributed by atoms with Crippen molar-refractivity contribution >= 4 is 28.8 Å². The van der Waals surface area contributed by atoms with Gasteiger partial charge in [-0.3, -0.25) is 4.98 Å². The minimum atomic E-state index is -0.461. The Morgan fingerprint density at radius 1 is 1.23 bits per heavy atom. The van der Waals surface area contributed by atoms with E-state index in [1.165, 1.54) is 10.3 Å². The van der Waals surface area contributed by atoms with Gasteiger partial charge in [-0.05, 0) is 69.6 Å². The largest absolute Gasteiger partial charge is 0.444 e. The molecule has 140 valence electrons. The number of hydrogen-bond donors (Lipinski definition) is 0. The molecule has 1 aromatic heterocycles. The van der Waals surface area contributed by atoms with Crippen molar-refractivity contribution in [3.8, 4) is 0 Å². The van der Waals surface area contributed by atoms with E-state index < -0.39 is 5.60 Å². The number of aromatic nitrogens is 1. The van der Waals surface area contributed by atoms with Crippen LogP contribution in [0.1, 0.15) is 34.1 Å². The lowest BCUT2D eigenvalue weighted by Crippen LogP contribution is -2.44. The molecule has 26 heavy (non-hydrogen) atoms. The summed E-state index contributed by atoms with van der Waals surface area (Å²) in [5, 5.41) is 2.35. The molecule has 0 bridgehead atoms. The van der Waals surface area contributed by atoms with Crippen LogP contribution in [-0.4, -0.2) is 51.6 Å². The smallest absolute Gasteiger partial charge is 0.410 e. The van der Waals surface area contributed by atoms with E-state index in [1.807, 2.05) is 44.1 Å². The molecule has 1 aromatic carbocycles. The third-order valence-electron chi connectivity index (χ3n) is 4.28. The molecule has 1 atom stereocenters. The first-order valence-corrected chi connectivity index (χ1v) is 9.85. The van der Waals surface area contributed by atoms with E-state index >= 15 is 0 Å². The molecule has 6 heteroatoms. The van der Waals surface area contributed by atoms with Gasteiger partial charge in [0.05, 0.1) is 0 Å². The third kappa shape index (κ3) is 4.89. The minimum Gasteiger partial charge on any atom is -0.444 e. The topological polar surface area (TPSA) is 45.7 Å². The molecule has 1 aliphatic heterocycles. The summed E-state index contributed by atoms with van der Waals surface area (Å²) in [7, 11) is 0. The zero-order chi connectivity index (χ0) is 18.7. The van der Waals surface area contributed by atoms with Gasteiger partial charge in [-0.1, -0.05) is 6.07 Å². The predicted octanol–water partition coefficient (Wildman–Crippen LogP) is 4.57. The molecule has 1 amide bonds. The molecule has 3 rings (SSSR count). The van der Waals surface area contributed by atoms with Gasteiger partial charge in [0.2, 0.25) is 0 Å². The molecule has 0 N–H and O–H groups in total. The summed E-state index contributed by atoms with van der Waals surface area (Å²) in [6.07, 6.45) is 4.43. The van der Waals surface area contributed by atoms with Crippen molar-refractivity contribution in [1.82, 2.24) is 14.2 Å². The number of carbonyl (C=O) groups excluding carboxylic acids is 1. The Morgan fingerprint density at radius 2 is 2.04 bits per heavy atom. The van der Waals surface area contributed by atoms with E-state index in [0.29, 0.717) is 0 Å². The molecule has 2 aromatic rings. The second-order valence-electron chi connectivity index (χ2n) is 7.74. The molecule has 1 aliphatic rings. The van der Waals surface area contributed by atoms with Gasteiger partial charge in [0, 0.05) is 48.4 Å². The number of pyridine rings is 1. The third-order valence-corrected chi connectivity index (χ3v) is 5.34. The Labute approximate surface area is 159 Å². The van der Waals surface area contributed by atoms with Gasteiger partial charge in [0.15, 0.2) is 0 Å². The number of nitrogens with zero attached hydrogens (tertiary/aromatic N) is 3. The van der Waals surface area contributed by atoms with Crippen molar-refractivity contribution in [1.29, 1.82) is 0 Å². The van der Waals surface area contributed by atoms with E-state index in [9.17, 15) is 4.79 Å². The summed E-state index contributed by atoms with van der Waals surface area (Å²) in [6, 6.07) is 8.59. The summed E-state index contributed by atoms with van der Waals surface area (Å²) in [4.78, 5) is 19.7. The molecule has 0 spiro atoms. The highest BCUT2D eigenvalue weighted by Gasteiger charge is 2.29. The maximum absolute atomic E-state index is 12.5. The van der Waals surface area contributed by atoms with Crippen molar-refractivity contribution in [2.75, 3.05) is 19.6 Å². The lowest BCUT2D eigenvalue weighted by atomic mass is 10.2. The number of carbonyl (C=O) groups is 1. The zero-order valence-corrected chi connectivity index (χ0v) is 16.8. The highest BCUT2D eigenvalue weighted by molar-refractivity contribution is 7.97. The maximum Gasteiger partial charge on any atom is 0.410 e. The molecule has 0 radical (unpaired) electrons.